The maximum absolute atomic E-state index is 12.7. The van der Waals surface area contributed by atoms with Gasteiger partial charge in [0.15, 0.2) is 5.52 Å². The molecule has 0 amide bonds. The van der Waals surface area contributed by atoms with E-state index in [1.165, 1.54) is 6.07 Å². The summed E-state index contributed by atoms with van der Waals surface area (Å²) in [4.78, 5) is 2.18. The van der Waals surface area contributed by atoms with Crippen LogP contribution in [0, 0.1) is 5.92 Å². The van der Waals surface area contributed by atoms with Crippen molar-refractivity contribution in [2.45, 2.75) is 19.5 Å². The zero-order chi connectivity index (χ0) is 17.6. The van der Waals surface area contributed by atoms with Crippen LogP contribution in [0.1, 0.15) is 12.5 Å². The van der Waals surface area contributed by atoms with E-state index in [0.717, 1.165) is 29.9 Å². The summed E-state index contributed by atoms with van der Waals surface area (Å²) in [5, 5.41) is 7.89. The average Bonchev–Trinajstić information content (AvgIpc) is 2.98. The van der Waals surface area contributed by atoms with Crippen molar-refractivity contribution in [3.05, 3.63) is 42.0 Å². The van der Waals surface area contributed by atoms with Crippen molar-refractivity contribution in [2.75, 3.05) is 18.0 Å². The van der Waals surface area contributed by atoms with Crippen LogP contribution in [0.4, 0.5) is 18.9 Å². The molecule has 0 radical (unpaired) electrons. The standard InChI is InChI=1S/C18H16F3N3O/c1-11-9-24(10-11)16-7-14(6-15-17(16)23-25-22-15)13-4-2-3-12(5-13)8-18(19,20)21/h2-7,11H,8-10H2,1H3. The van der Waals surface area contributed by atoms with E-state index < -0.39 is 12.6 Å². The molecule has 4 nitrogen and oxygen atoms in total. The van der Waals surface area contributed by atoms with Crippen LogP contribution in [0.5, 0.6) is 0 Å². The minimum Gasteiger partial charge on any atom is -0.369 e. The topological polar surface area (TPSA) is 42.2 Å². The molecule has 0 atom stereocenters. The lowest BCUT2D eigenvalue weighted by Gasteiger charge is -2.39. The Balaban J connectivity index is 1.75. The van der Waals surface area contributed by atoms with Gasteiger partial charge >= 0.3 is 6.18 Å². The molecule has 1 aliphatic heterocycles. The summed E-state index contributed by atoms with van der Waals surface area (Å²) < 4.78 is 42.9. The Bertz CT molecular complexity index is 913. The summed E-state index contributed by atoms with van der Waals surface area (Å²) >= 11 is 0. The van der Waals surface area contributed by atoms with Gasteiger partial charge in [0.05, 0.1) is 12.1 Å². The number of hydrogen-bond donors (Lipinski definition) is 0. The molecule has 1 aliphatic rings. The number of fused-ring (bicyclic) bond motifs is 1. The molecule has 7 heteroatoms. The van der Waals surface area contributed by atoms with Crippen molar-refractivity contribution >= 4 is 16.7 Å². The van der Waals surface area contributed by atoms with Gasteiger partial charge in [-0.05, 0) is 45.1 Å². The van der Waals surface area contributed by atoms with Crippen LogP contribution in [0.15, 0.2) is 41.0 Å². The van der Waals surface area contributed by atoms with Gasteiger partial charge in [0.2, 0.25) is 0 Å². The largest absolute Gasteiger partial charge is 0.393 e. The Labute approximate surface area is 142 Å². The molecule has 0 bridgehead atoms. The monoisotopic (exact) mass is 347 g/mol. The number of aromatic nitrogens is 2. The molecule has 1 aromatic heterocycles. The van der Waals surface area contributed by atoms with Crippen molar-refractivity contribution in [1.29, 1.82) is 0 Å². The highest BCUT2D eigenvalue weighted by Gasteiger charge is 2.28. The van der Waals surface area contributed by atoms with Crippen molar-refractivity contribution in [2.24, 2.45) is 5.92 Å². The Morgan fingerprint density at radius 2 is 1.92 bits per heavy atom. The van der Waals surface area contributed by atoms with E-state index in [2.05, 4.69) is 22.1 Å². The maximum atomic E-state index is 12.7. The molecule has 3 aromatic rings. The predicted octanol–water partition coefficient (Wildman–Crippen LogP) is 4.45. The van der Waals surface area contributed by atoms with E-state index in [1.54, 1.807) is 24.3 Å². The fourth-order valence-corrected chi connectivity index (χ4v) is 3.27. The van der Waals surface area contributed by atoms with Crippen LogP contribution in [0.25, 0.3) is 22.2 Å². The van der Waals surface area contributed by atoms with Crippen LogP contribution < -0.4 is 4.90 Å². The summed E-state index contributed by atoms with van der Waals surface area (Å²) in [6, 6.07) is 10.3. The summed E-state index contributed by atoms with van der Waals surface area (Å²) in [7, 11) is 0. The highest BCUT2D eigenvalue weighted by Crippen LogP contribution is 2.35. The van der Waals surface area contributed by atoms with Crippen molar-refractivity contribution < 1.29 is 17.8 Å². The molecule has 0 aliphatic carbocycles. The van der Waals surface area contributed by atoms with E-state index in [0.29, 0.717) is 17.0 Å². The van der Waals surface area contributed by atoms with E-state index in [1.807, 2.05) is 6.07 Å². The van der Waals surface area contributed by atoms with Gasteiger partial charge in [-0.2, -0.15) is 13.2 Å². The first kappa shape index (κ1) is 15.9. The molecule has 1 saturated heterocycles. The fraction of sp³-hybridized carbons (Fsp3) is 0.333. The predicted molar refractivity (Wildman–Crippen MR) is 88.4 cm³/mol. The minimum atomic E-state index is -4.22. The lowest BCUT2D eigenvalue weighted by molar-refractivity contribution is -0.127. The van der Waals surface area contributed by atoms with E-state index >= 15 is 0 Å². The molecule has 130 valence electrons. The van der Waals surface area contributed by atoms with Gasteiger partial charge in [-0.25, -0.2) is 4.63 Å². The van der Waals surface area contributed by atoms with Crippen LogP contribution in [0.2, 0.25) is 0 Å². The number of alkyl halides is 3. The minimum absolute atomic E-state index is 0.238. The molecular weight excluding hydrogens is 331 g/mol. The summed E-state index contributed by atoms with van der Waals surface area (Å²) in [6.07, 6.45) is -5.16. The molecule has 2 heterocycles. The molecule has 0 N–H and O–H groups in total. The SMILES string of the molecule is CC1CN(c2cc(-c3cccc(CC(F)(F)F)c3)cc3nonc23)C1. The Hall–Kier alpha value is -2.57. The molecule has 25 heavy (non-hydrogen) atoms. The van der Waals surface area contributed by atoms with E-state index in [4.69, 9.17) is 4.63 Å². The third kappa shape index (κ3) is 3.18. The zero-order valence-electron chi connectivity index (χ0n) is 13.5. The van der Waals surface area contributed by atoms with Gasteiger partial charge in [0.25, 0.3) is 0 Å². The quantitative estimate of drug-likeness (QED) is 0.702. The Kier molecular flexibility index (Phi) is 3.67. The number of nitrogens with zero attached hydrogens (tertiary/aromatic N) is 3. The van der Waals surface area contributed by atoms with Crippen molar-refractivity contribution in [1.82, 2.24) is 10.3 Å². The van der Waals surface area contributed by atoms with Crippen LogP contribution in [0.3, 0.4) is 0 Å². The number of rotatable bonds is 3. The molecule has 2 aromatic carbocycles. The van der Waals surface area contributed by atoms with Gasteiger partial charge in [-0.15, -0.1) is 0 Å². The van der Waals surface area contributed by atoms with Gasteiger partial charge < -0.3 is 4.90 Å². The molecule has 1 fully saturated rings. The van der Waals surface area contributed by atoms with Crippen molar-refractivity contribution in [3.8, 4) is 11.1 Å². The second-order valence-electron chi connectivity index (χ2n) is 6.63. The van der Waals surface area contributed by atoms with Gasteiger partial charge in [-0.3, -0.25) is 0 Å². The lowest BCUT2D eigenvalue weighted by atomic mass is 9.97. The third-order valence-corrected chi connectivity index (χ3v) is 4.41. The van der Waals surface area contributed by atoms with Crippen LogP contribution >= 0.6 is 0 Å². The van der Waals surface area contributed by atoms with Gasteiger partial charge in [0.1, 0.15) is 5.52 Å². The van der Waals surface area contributed by atoms with Crippen molar-refractivity contribution in [3.63, 3.8) is 0 Å². The number of anilines is 1. The number of benzene rings is 2. The highest BCUT2D eigenvalue weighted by atomic mass is 19.4. The average molecular weight is 347 g/mol. The van der Waals surface area contributed by atoms with Gasteiger partial charge in [0, 0.05) is 13.1 Å². The summed E-state index contributed by atoms with van der Waals surface area (Å²) in [5.41, 5.74) is 3.97. The zero-order valence-corrected chi connectivity index (χ0v) is 13.5. The second kappa shape index (κ2) is 5.75. The highest BCUT2D eigenvalue weighted by molar-refractivity contribution is 5.93. The van der Waals surface area contributed by atoms with E-state index in [-0.39, 0.29) is 5.56 Å². The molecule has 0 saturated carbocycles. The summed E-state index contributed by atoms with van der Waals surface area (Å²) in [5.74, 6) is 0.605. The first-order valence-corrected chi connectivity index (χ1v) is 8.06. The number of hydrogen-bond acceptors (Lipinski definition) is 4. The Morgan fingerprint density at radius 1 is 1.12 bits per heavy atom. The first-order chi connectivity index (χ1) is 11.9. The molecular formula is C18H16F3N3O. The molecule has 0 unspecified atom stereocenters. The Morgan fingerprint density at radius 3 is 2.64 bits per heavy atom. The normalized spacial score (nSPS) is 15.6. The van der Waals surface area contributed by atoms with Gasteiger partial charge in [-0.1, -0.05) is 31.2 Å². The fourth-order valence-electron chi connectivity index (χ4n) is 3.27. The first-order valence-electron chi connectivity index (χ1n) is 8.06. The smallest absolute Gasteiger partial charge is 0.369 e. The lowest BCUT2D eigenvalue weighted by Crippen LogP contribution is -2.45. The maximum Gasteiger partial charge on any atom is 0.393 e. The van der Waals surface area contributed by atoms with Crippen LogP contribution in [-0.2, 0) is 6.42 Å². The molecule has 4 rings (SSSR count). The second-order valence-corrected chi connectivity index (χ2v) is 6.63. The third-order valence-electron chi connectivity index (χ3n) is 4.41. The molecule has 0 spiro atoms. The summed E-state index contributed by atoms with van der Waals surface area (Å²) in [6.45, 7) is 4.00. The van der Waals surface area contributed by atoms with E-state index in [9.17, 15) is 13.2 Å². The number of halogens is 3. The van der Waals surface area contributed by atoms with Crippen LogP contribution in [-0.4, -0.2) is 29.6 Å².